The van der Waals surface area contributed by atoms with Crippen LogP contribution in [0.3, 0.4) is 0 Å². The number of pyridine rings is 1. The highest BCUT2D eigenvalue weighted by Crippen LogP contribution is 2.29. The number of carbonyl (C=O) groups is 2. The van der Waals surface area contributed by atoms with E-state index in [0.29, 0.717) is 18.0 Å². The first-order valence-electron chi connectivity index (χ1n) is 8.87. The Balaban J connectivity index is 2.15. The Kier molecular flexibility index (Phi) is 6.93. The van der Waals surface area contributed by atoms with Crippen molar-refractivity contribution in [2.75, 3.05) is 6.61 Å². The second-order valence-corrected chi connectivity index (χ2v) is 6.41. The van der Waals surface area contributed by atoms with Crippen LogP contribution in [0.25, 0.3) is 0 Å². The molecule has 0 atom stereocenters. The highest BCUT2D eigenvalue weighted by Gasteiger charge is 2.21. The number of ether oxygens (including phenoxy) is 1. The molecule has 0 aliphatic heterocycles. The van der Waals surface area contributed by atoms with Crippen molar-refractivity contribution in [3.63, 3.8) is 0 Å². The normalized spacial score (nSPS) is 14.7. The van der Waals surface area contributed by atoms with E-state index in [1.54, 1.807) is 13.0 Å². The summed E-state index contributed by atoms with van der Waals surface area (Å²) < 4.78 is 4.80. The summed E-state index contributed by atoms with van der Waals surface area (Å²) in [5, 5.41) is 19.4. The molecule has 25 heavy (non-hydrogen) atoms. The predicted molar refractivity (Wildman–Crippen MR) is 91.1 cm³/mol. The molecule has 2 rings (SSSR count). The number of ketones is 1. The molecule has 6 nitrogen and oxygen atoms in total. The van der Waals surface area contributed by atoms with Gasteiger partial charge in [0, 0.05) is 12.1 Å². The molecule has 0 aromatic carbocycles. The summed E-state index contributed by atoms with van der Waals surface area (Å²) >= 11 is 0. The summed E-state index contributed by atoms with van der Waals surface area (Å²) in [6.07, 6.45) is 6.42. The van der Waals surface area contributed by atoms with Gasteiger partial charge in [0.25, 0.3) is 0 Å². The molecule has 6 heteroatoms. The van der Waals surface area contributed by atoms with E-state index in [1.807, 2.05) is 6.07 Å². The van der Waals surface area contributed by atoms with Crippen molar-refractivity contribution in [3.8, 4) is 11.8 Å². The van der Waals surface area contributed by atoms with Crippen LogP contribution in [0, 0.1) is 17.2 Å². The summed E-state index contributed by atoms with van der Waals surface area (Å²) in [5.41, 5.74) is 0.593. The fourth-order valence-electron chi connectivity index (χ4n) is 3.23. The van der Waals surface area contributed by atoms with Gasteiger partial charge in [-0.05, 0) is 25.3 Å². The lowest BCUT2D eigenvalue weighted by Gasteiger charge is -2.21. The monoisotopic (exact) mass is 344 g/mol. The first-order valence-corrected chi connectivity index (χ1v) is 8.87. The first kappa shape index (κ1) is 18.9. The van der Waals surface area contributed by atoms with E-state index < -0.39 is 17.5 Å². The standard InChI is InChI=1S/C19H24N2O4/c1-2-25-17(23)9-8-16(22)18-19(24)14(12-20)11-15(21-18)10-13-6-4-3-5-7-13/h11,13,24H,2-10H2,1H3. The van der Waals surface area contributed by atoms with Crippen molar-refractivity contribution in [1.29, 1.82) is 5.26 Å². The Hall–Kier alpha value is -2.42. The van der Waals surface area contributed by atoms with Crippen LogP contribution < -0.4 is 0 Å². The van der Waals surface area contributed by atoms with Gasteiger partial charge in [-0.1, -0.05) is 32.1 Å². The minimum atomic E-state index is -0.464. The first-order chi connectivity index (χ1) is 12.0. The van der Waals surface area contributed by atoms with E-state index in [9.17, 15) is 20.0 Å². The van der Waals surface area contributed by atoms with E-state index >= 15 is 0 Å². The van der Waals surface area contributed by atoms with Crippen LogP contribution >= 0.6 is 0 Å². The van der Waals surface area contributed by atoms with Crippen LogP contribution in [0.5, 0.6) is 5.75 Å². The number of Topliss-reactive ketones (excluding diaryl/α,β-unsaturated/α-hetero) is 1. The number of nitrogens with zero attached hydrogens (tertiary/aromatic N) is 2. The van der Waals surface area contributed by atoms with Gasteiger partial charge in [0.1, 0.15) is 11.8 Å². The van der Waals surface area contributed by atoms with Crippen LogP contribution in [-0.2, 0) is 16.0 Å². The molecule has 0 amide bonds. The molecule has 1 saturated carbocycles. The lowest BCUT2D eigenvalue weighted by molar-refractivity contribution is -0.143. The molecule has 0 bridgehead atoms. The molecule has 1 N–H and O–H groups in total. The summed E-state index contributed by atoms with van der Waals surface area (Å²) in [7, 11) is 0. The smallest absolute Gasteiger partial charge is 0.306 e. The Bertz CT molecular complexity index is 673. The SMILES string of the molecule is CCOC(=O)CCC(=O)c1nc(CC2CCCCC2)cc(C#N)c1O. The van der Waals surface area contributed by atoms with Gasteiger partial charge in [-0.15, -0.1) is 0 Å². The van der Waals surface area contributed by atoms with E-state index in [-0.39, 0.29) is 30.7 Å². The maximum absolute atomic E-state index is 12.3. The van der Waals surface area contributed by atoms with Crippen LogP contribution in [0.4, 0.5) is 0 Å². The zero-order chi connectivity index (χ0) is 18.2. The third kappa shape index (κ3) is 5.28. The maximum atomic E-state index is 12.3. The van der Waals surface area contributed by atoms with Gasteiger partial charge < -0.3 is 9.84 Å². The number of esters is 1. The second kappa shape index (κ2) is 9.16. The number of nitriles is 1. The van der Waals surface area contributed by atoms with Crippen molar-refractivity contribution in [2.24, 2.45) is 5.92 Å². The molecule has 134 valence electrons. The molecule has 1 aliphatic rings. The van der Waals surface area contributed by atoms with Crippen LogP contribution in [0.2, 0.25) is 0 Å². The summed E-state index contributed by atoms with van der Waals surface area (Å²) in [5.74, 6) is -0.815. The minimum Gasteiger partial charge on any atom is -0.504 e. The molecule has 1 aromatic heterocycles. The highest BCUT2D eigenvalue weighted by atomic mass is 16.5. The van der Waals surface area contributed by atoms with Crippen molar-refractivity contribution in [1.82, 2.24) is 4.98 Å². The maximum Gasteiger partial charge on any atom is 0.306 e. The molecule has 0 radical (unpaired) electrons. The van der Waals surface area contributed by atoms with Gasteiger partial charge in [-0.25, -0.2) is 4.98 Å². The summed E-state index contributed by atoms with van der Waals surface area (Å²) in [6, 6.07) is 3.48. The minimum absolute atomic E-state index is 0.0558. The highest BCUT2D eigenvalue weighted by molar-refractivity contribution is 5.98. The number of carbonyl (C=O) groups excluding carboxylic acids is 2. The fourth-order valence-corrected chi connectivity index (χ4v) is 3.23. The molecule has 0 saturated heterocycles. The Morgan fingerprint density at radius 3 is 2.68 bits per heavy atom. The molecule has 1 aliphatic carbocycles. The molecular formula is C19H24N2O4. The van der Waals surface area contributed by atoms with Gasteiger partial charge in [0.15, 0.2) is 11.5 Å². The zero-order valence-corrected chi connectivity index (χ0v) is 14.6. The van der Waals surface area contributed by atoms with E-state index in [1.165, 1.54) is 19.3 Å². The van der Waals surface area contributed by atoms with Gasteiger partial charge in [-0.3, -0.25) is 9.59 Å². The topological polar surface area (TPSA) is 100 Å². The molecule has 0 spiro atoms. The van der Waals surface area contributed by atoms with Crippen molar-refractivity contribution >= 4 is 11.8 Å². The van der Waals surface area contributed by atoms with Gasteiger partial charge >= 0.3 is 5.97 Å². The largest absolute Gasteiger partial charge is 0.504 e. The van der Waals surface area contributed by atoms with Crippen LogP contribution in [-0.4, -0.2) is 28.4 Å². The Morgan fingerprint density at radius 1 is 1.32 bits per heavy atom. The van der Waals surface area contributed by atoms with Crippen LogP contribution in [0.1, 0.15) is 73.6 Å². The van der Waals surface area contributed by atoms with Gasteiger partial charge in [0.2, 0.25) is 0 Å². The fraction of sp³-hybridized carbons (Fsp3) is 0.579. The lowest BCUT2D eigenvalue weighted by Crippen LogP contribution is -2.13. The molecule has 0 unspecified atom stereocenters. The zero-order valence-electron chi connectivity index (χ0n) is 14.6. The molecular weight excluding hydrogens is 320 g/mol. The van der Waals surface area contributed by atoms with E-state index in [0.717, 1.165) is 12.8 Å². The van der Waals surface area contributed by atoms with E-state index in [4.69, 9.17) is 4.74 Å². The number of rotatable bonds is 7. The second-order valence-electron chi connectivity index (χ2n) is 6.41. The van der Waals surface area contributed by atoms with Crippen molar-refractivity contribution < 1.29 is 19.4 Å². The predicted octanol–water partition coefficient (Wildman–Crippen LogP) is 3.31. The third-order valence-corrected chi connectivity index (χ3v) is 4.51. The van der Waals surface area contributed by atoms with E-state index in [2.05, 4.69) is 4.98 Å². The average Bonchev–Trinajstić information content (AvgIpc) is 2.62. The molecule has 1 fully saturated rings. The molecule has 1 aromatic rings. The number of hydrogen-bond acceptors (Lipinski definition) is 6. The summed E-state index contributed by atoms with van der Waals surface area (Å²) in [4.78, 5) is 28.0. The third-order valence-electron chi connectivity index (χ3n) is 4.51. The van der Waals surface area contributed by atoms with Crippen LogP contribution in [0.15, 0.2) is 6.07 Å². The summed E-state index contributed by atoms with van der Waals surface area (Å²) in [6.45, 7) is 1.95. The number of aromatic nitrogens is 1. The average molecular weight is 344 g/mol. The Labute approximate surface area is 147 Å². The van der Waals surface area contributed by atoms with Crippen molar-refractivity contribution in [2.45, 2.75) is 58.3 Å². The number of aromatic hydroxyl groups is 1. The van der Waals surface area contributed by atoms with Crippen molar-refractivity contribution in [3.05, 3.63) is 23.0 Å². The lowest BCUT2D eigenvalue weighted by atomic mass is 9.86. The van der Waals surface area contributed by atoms with Gasteiger partial charge in [0.05, 0.1) is 18.6 Å². The number of hydrogen-bond donors (Lipinski definition) is 1. The quantitative estimate of drug-likeness (QED) is 0.601. The Morgan fingerprint density at radius 2 is 2.04 bits per heavy atom. The molecule has 1 heterocycles. The van der Waals surface area contributed by atoms with Gasteiger partial charge in [-0.2, -0.15) is 5.26 Å².